The molecule has 2 saturated carbocycles. The van der Waals surface area contributed by atoms with E-state index in [4.69, 9.17) is 4.74 Å². The van der Waals surface area contributed by atoms with Gasteiger partial charge in [0.25, 0.3) is 0 Å². The molecule has 2 aliphatic rings. The number of rotatable bonds is 6. The van der Waals surface area contributed by atoms with Gasteiger partial charge in [0.2, 0.25) is 0 Å². The van der Waals surface area contributed by atoms with E-state index < -0.39 is 14.6 Å². The Morgan fingerprint density at radius 1 is 1.20 bits per heavy atom. The molecule has 20 heavy (non-hydrogen) atoms. The Morgan fingerprint density at radius 2 is 1.85 bits per heavy atom. The van der Waals surface area contributed by atoms with Crippen molar-refractivity contribution < 1.29 is 13.2 Å². The summed E-state index contributed by atoms with van der Waals surface area (Å²) in [5, 5.41) is -0.111. The molecular formula is C16H22O3S. The lowest BCUT2D eigenvalue weighted by atomic mass is 9.87. The first-order valence-corrected chi connectivity index (χ1v) is 8.93. The summed E-state index contributed by atoms with van der Waals surface area (Å²) in [7, 11) is -3.00. The molecule has 0 unspecified atom stereocenters. The summed E-state index contributed by atoms with van der Waals surface area (Å²) in [6, 6.07) is 9.91. The van der Waals surface area contributed by atoms with Crippen LogP contribution in [0, 0.1) is 5.92 Å². The molecule has 2 fully saturated rings. The van der Waals surface area contributed by atoms with Gasteiger partial charge in [-0.3, -0.25) is 0 Å². The van der Waals surface area contributed by atoms with E-state index in [1.165, 1.54) is 0 Å². The largest absolute Gasteiger partial charge is 0.375 e. The van der Waals surface area contributed by atoms with E-state index in [0.717, 1.165) is 31.2 Å². The Bertz CT molecular complexity index is 555. The van der Waals surface area contributed by atoms with E-state index in [-0.39, 0.29) is 5.25 Å². The molecule has 4 heteroatoms. The second-order valence-corrected chi connectivity index (χ2v) is 9.03. The third-order valence-electron chi connectivity index (χ3n) is 4.66. The smallest absolute Gasteiger partial charge is 0.161 e. The molecule has 0 radical (unpaired) electrons. The fraction of sp³-hybridized carbons (Fsp3) is 0.625. The fourth-order valence-corrected chi connectivity index (χ4v) is 5.80. The summed E-state index contributed by atoms with van der Waals surface area (Å²) >= 11 is 0. The summed E-state index contributed by atoms with van der Waals surface area (Å²) in [5.41, 5.74) is 1.10. The zero-order valence-electron chi connectivity index (χ0n) is 11.9. The standard InChI is InChI=1S/C16H22O3S/c1-13-9-15(10-13)20(17,18)16(7-8-16)12-19-11-14-5-3-2-4-6-14/h2-6,13,15H,7-12H2,1H3. The summed E-state index contributed by atoms with van der Waals surface area (Å²) in [4.78, 5) is 0. The van der Waals surface area contributed by atoms with Crippen molar-refractivity contribution in [2.45, 2.75) is 49.2 Å². The quantitative estimate of drug-likeness (QED) is 0.810. The zero-order valence-corrected chi connectivity index (χ0v) is 12.7. The van der Waals surface area contributed by atoms with Crippen molar-refractivity contribution in [3.63, 3.8) is 0 Å². The molecule has 0 bridgehead atoms. The van der Waals surface area contributed by atoms with Gasteiger partial charge in [-0.15, -0.1) is 0 Å². The lowest BCUT2D eigenvalue weighted by Crippen LogP contribution is -2.43. The normalized spacial score (nSPS) is 27.9. The van der Waals surface area contributed by atoms with E-state index >= 15 is 0 Å². The highest BCUT2D eigenvalue weighted by Crippen LogP contribution is 2.50. The highest BCUT2D eigenvalue weighted by molar-refractivity contribution is 7.93. The average Bonchev–Trinajstić information content (AvgIpc) is 3.18. The van der Waals surface area contributed by atoms with Crippen molar-refractivity contribution >= 4 is 9.84 Å². The van der Waals surface area contributed by atoms with E-state index in [9.17, 15) is 8.42 Å². The van der Waals surface area contributed by atoms with Crippen LogP contribution in [0.2, 0.25) is 0 Å². The van der Waals surface area contributed by atoms with Crippen molar-refractivity contribution in [2.24, 2.45) is 5.92 Å². The van der Waals surface area contributed by atoms with E-state index in [1.54, 1.807) is 0 Å². The van der Waals surface area contributed by atoms with Gasteiger partial charge in [-0.05, 0) is 37.2 Å². The minimum Gasteiger partial charge on any atom is -0.375 e. The SMILES string of the molecule is CC1CC(S(=O)(=O)C2(COCc3ccccc3)CC2)C1. The molecule has 3 nitrogen and oxygen atoms in total. The Morgan fingerprint density at radius 3 is 2.40 bits per heavy atom. The van der Waals surface area contributed by atoms with Crippen LogP contribution in [0.3, 0.4) is 0 Å². The third kappa shape index (κ3) is 2.51. The van der Waals surface area contributed by atoms with Crippen LogP contribution in [0.15, 0.2) is 30.3 Å². The molecule has 0 aliphatic heterocycles. The third-order valence-corrected chi connectivity index (χ3v) is 7.65. The maximum atomic E-state index is 12.6. The summed E-state index contributed by atoms with van der Waals surface area (Å²) < 4.78 is 30.3. The molecule has 0 heterocycles. The van der Waals surface area contributed by atoms with Crippen LogP contribution >= 0.6 is 0 Å². The molecule has 0 amide bonds. The van der Waals surface area contributed by atoms with E-state index in [2.05, 4.69) is 6.92 Å². The van der Waals surface area contributed by atoms with Gasteiger partial charge in [-0.25, -0.2) is 8.42 Å². The summed E-state index contributed by atoms with van der Waals surface area (Å²) in [5.74, 6) is 0.566. The van der Waals surface area contributed by atoms with Gasteiger partial charge in [0, 0.05) is 0 Å². The number of sulfone groups is 1. The van der Waals surface area contributed by atoms with Gasteiger partial charge in [0.15, 0.2) is 9.84 Å². The Balaban J connectivity index is 1.57. The predicted molar refractivity (Wildman–Crippen MR) is 79.2 cm³/mol. The topological polar surface area (TPSA) is 43.4 Å². The molecule has 3 rings (SSSR count). The minimum atomic E-state index is -3.00. The van der Waals surface area contributed by atoms with E-state index in [0.29, 0.717) is 19.1 Å². The van der Waals surface area contributed by atoms with Gasteiger partial charge in [-0.1, -0.05) is 37.3 Å². The van der Waals surface area contributed by atoms with Crippen molar-refractivity contribution in [2.75, 3.05) is 6.61 Å². The molecular weight excluding hydrogens is 272 g/mol. The Labute approximate surface area is 121 Å². The van der Waals surface area contributed by atoms with Crippen LogP contribution in [0.4, 0.5) is 0 Å². The van der Waals surface area contributed by atoms with Crippen molar-refractivity contribution in [3.8, 4) is 0 Å². The number of hydrogen-bond acceptors (Lipinski definition) is 3. The lowest BCUT2D eigenvalue weighted by molar-refractivity contribution is 0.115. The highest BCUT2D eigenvalue weighted by Gasteiger charge is 2.58. The van der Waals surface area contributed by atoms with Gasteiger partial charge >= 0.3 is 0 Å². The van der Waals surface area contributed by atoms with Crippen LogP contribution in [0.1, 0.15) is 38.2 Å². The molecule has 1 aromatic rings. The first kappa shape index (κ1) is 14.1. The van der Waals surface area contributed by atoms with Crippen LogP contribution in [0.25, 0.3) is 0 Å². The van der Waals surface area contributed by atoms with Crippen molar-refractivity contribution in [3.05, 3.63) is 35.9 Å². The number of benzene rings is 1. The van der Waals surface area contributed by atoms with E-state index in [1.807, 2.05) is 30.3 Å². The number of hydrogen-bond donors (Lipinski definition) is 0. The van der Waals surface area contributed by atoms with Crippen molar-refractivity contribution in [1.29, 1.82) is 0 Å². The lowest BCUT2D eigenvalue weighted by Gasteiger charge is -2.35. The summed E-state index contributed by atoms with van der Waals surface area (Å²) in [6.07, 6.45) is 3.22. The maximum absolute atomic E-state index is 12.6. The van der Waals surface area contributed by atoms with Crippen LogP contribution < -0.4 is 0 Å². The average molecular weight is 294 g/mol. The van der Waals surface area contributed by atoms with Crippen LogP contribution in [0.5, 0.6) is 0 Å². The zero-order chi connectivity index (χ0) is 14.2. The molecule has 0 spiro atoms. The molecule has 1 aromatic carbocycles. The second-order valence-electron chi connectivity index (χ2n) is 6.41. The van der Waals surface area contributed by atoms with Gasteiger partial charge in [-0.2, -0.15) is 0 Å². The maximum Gasteiger partial charge on any atom is 0.161 e. The fourth-order valence-electron chi connectivity index (χ4n) is 3.01. The molecule has 110 valence electrons. The van der Waals surface area contributed by atoms with Gasteiger partial charge in [0.05, 0.1) is 23.2 Å². The molecule has 2 aliphatic carbocycles. The molecule has 0 N–H and O–H groups in total. The summed E-state index contributed by atoms with van der Waals surface area (Å²) in [6.45, 7) is 2.98. The van der Waals surface area contributed by atoms with Crippen LogP contribution in [-0.2, 0) is 21.2 Å². The van der Waals surface area contributed by atoms with Crippen LogP contribution in [-0.4, -0.2) is 25.0 Å². The predicted octanol–water partition coefficient (Wildman–Crippen LogP) is 2.95. The molecule has 0 atom stereocenters. The monoisotopic (exact) mass is 294 g/mol. The van der Waals surface area contributed by atoms with Gasteiger partial charge in [0.1, 0.15) is 0 Å². The highest BCUT2D eigenvalue weighted by atomic mass is 32.2. The first-order valence-electron chi connectivity index (χ1n) is 7.39. The first-order chi connectivity index (χ1) is 9.53. The number of ether oxygens (including phenoxy) is 1. The Kier molecular flexibility index (Phi) is 3.63. The minimum absolute atomic E-state index is 0.111. The molecule has 0 saturated heterocycles. The second kappa shape index (κ2) is 5.15. The molecule has 0 aromatic heterocycles. The Hall–Kier alpha value is -0.870. The van der Waals surface area contributed by atoms with Gasteiger partial charge < -0.3 is 4.74 Å². The van der Waals surface area contributed by atoms with Crippen molar-refractivity contribution in [1.82, 2.24) is 0 Å².